The van der Waals surface area contributed by atoms with Crippen LogP contribution >= 0.6 is 23.7 Å². The lowest BCUT2D eigenvalue weighted by Crippen LogP contribution is -2.53. The van der Waals surface area contributed by atoms with Crippen LogP contribution in [0.2, 0.25) is 0 Å². The molecule has 18 heavy (non-hydrogen) atoms. The second kappa shape index (κ2) is 5.87. The first-order valence-corrected chi connectivity index (χ1v) is 7.51. The van der Waals surface area contributed by atoms with Crippen LogP contribution in [-0.4, -0.2) is 35.1 Å². The summed E-state index contributed by atoms with van der Waals surface area (Å²) < 4.78 is 0. The Bertz CT molecular complexity index is 381. The van der Waals surface area contributed by atoms with Gasteiger partial charge in [0.25, 0.3) is 0 Å². The Morgan fingerprint density at radius 2 is 2.00 bits per heavy atom. The molecule has 2 aliphatic rings. The van der Waals surface area contributed by atoms with Gasteiger partial charge in [0.15, 0.2) is 0 Å². The van der Waals surface area contributed by atoms with Gasteiger partial charge in [0.1, 0.15) is 0 Å². The molecule has 1 N–H and O–H groups in total. The second-order valence-electron chi connectivity index (χ2n) is 5.60. The number of rotatable bonds is 3. The van der Waals surface area contributed by atoms with E-state index in [1.165, 1.54) is 23.4 Å². The molecule has 1 aliphatic carbocycles. The van der Waals surface area contributed by atoms with Gasteiger partial charge in [-0.3, -0.25) is 4.90 Å². The number of thiazole rings is 1. The van der Waals surface area contributed by atoms with Crippen LogP contribution in [0.25, 0.3) is 0 Å². The molecule has 5 heteroatoms. The lowest BCUT2D eigenvalue weighted by atomic mass is 10.1. The molecule has 1 aliphatic heterocycles. The van der Waals surface area contributed by atoms with Crippen molar-refractivity contribution in [3.63, 3.8) is 0 Å². The van der Waals surface area contributed by atoms with E-state index in [-0.39, 0.29) is 12.4 Å². The molecule has 1 aromatic heterocycles. The van der Waals surface area contributed by atoms with E-state index in [0.717, 1.165) is 25.6 Å². The first kappa shape index (κ1) is 14.3. The van der Waals surface area contributed by atoms with Crippen LogP contribution in [-0.2, 0) is 6.54 Å². The monoisotopic (exact) mass is 287 g/mol. The van der Waals surface area contributed by atoms with E-state index >= 15 is 0 Å². The van der Waals surface area contributed by atoms with Gasteiger partial charge in [-0.2, -0.15) is 0 Å². The van der Waals surface area contributed by atoms with Crippen LogP contribution in [0.3, 0.4) is 0 Å². The van der Waals surface area contributed by atoms with E-state index in [1.807, 2.05) is 16.8 Å². The summed E-state index contributed by atoms with van der Waals surface area (Å²) in [6.07, 6.45) is 2.70. The lowest BCUT2D eigenvalue weighted by molar-refractivity contribution is 0.167. The van der Waals surface area contributed by atoms with Crippen molar-refractivity contribution in [3.8, 4) is 0 Å². The maximum Gasteiger partial charge on any atom is 0.0798 e. The van der Waals surface area contributed by atoms with Gasteiger partial charge < -0.3 is 5.32 Å². The van der Waals surface area contributed by atoms with Crippen molar-refractivity contribution < 1.29 is 0 Å². The third-order valence-electron chi connectivity index (χ3n) is 3.64. The molecule has 2 atom stereocenters. The van der Waals surface area contributed by atoms with Crippen LogP contribution in [0.15, 0.2) is 5.51 Å². The molecule has 2 heterocycles. The number of piperazine rings is 1. The fourth-order valence-corrected chi connectivity index (χ4v) is 3.75. The quantitative estimate of drug-likeness (QED) is 0.926. The zero-order valence-corrected chi connectivity index (χ0v) is 12.7. The van der Waals surface area contributed by atoms with Crippen molar-refractivity contribution in [1.29, 1.82) is 0 Å². The molecule has 0 spiro atoms. The molecule has 1 saturated heterocycles. The zero-order chi connectivity index (χ0) is 11.8. The maximum absolute atomic E-state index is 4.56. The maximum atomic E-state index is 4.56. The third kappa shape index (κ3) is 3.23. The summed E-state index contributed by atoms with van der Waals surface area (Å²) in [6, 6.07) is 1.21. The molecule has 1 saturated carbocycles. The minimum absolute atomic E-state index is 0. The predicted molar refractivity (Wildman–Crippen MR) is 78.7 cm³/mol. The smallest absolute Gasteiger partial charge is 0.0798 e. The number of hydrogen-bond donors (Lipinski definition) is 1. The topological polar surface area (TPSA) is 28.2 Å². The molecule has 3 rings (SSSR count). The molecule has 0 radical (unpaired) electrons. The average molecular weight is 288 g/mol. The molecule has 0 amide bonds. The Morgan fingerprint density at radius 3 is 2.61 bits per heavy atom. The average Bonchev–Trinajstić information content (AvgIpc) is 2.99. The Labute approximate surface area is 119 Å². The van der Waals surface area contributed by atoms with Crippen molar-refractivity contribution in [3.05, 3.63) is 16.1 Å². The standard InChI is InChI=1S/C13H21N3S.ClH/c1-9-5-16(6-10(2)15-9)7-12-13(11-3-4-11)14-8-17-12;/h8-11,15H,3-7H2,1-2H3;1H. The van der Waals surface area contributed by atoms with Gasteiger partial charge in [-0.1, -0.05) is 0 Å². The van der Waals surface area contributed by atoms with Gasteiger partial charge in [0.05, 0.1) is 11.2 Å². The summed E-state index contributed by atoms with van der Waals surface area (Å²) in [5.74, 6) is 0.786. The van der Waals surface area contributed by atoms with Gasteiger partial charge in [-0.25, -0.2) is 4.98 Å². The van der Waals surface area contributed by atoms with Crippen LogP contribution in [0.4, 0.5) is 0 Å². The lowest BCUT2D eigenvalue weighted by Gasteiger charge is -2.36. The van der Waals surface area contributed by atoms with Gasteiger partial charge in [-0.05, 0) is 26.7 Å². The summed E-state index contributed by atoms with van der Waals surface area (Å²) in [4.78, 5) is 8.64. The Hall–Kier alpha value is -0.160. The molecular formula is C13H22ClN3S. The summed E-state index contributed by atoms with van der Waals surface area (Å²) in [7, 11) is 0. The Kier molecular flexibility index (Phi) is 4.64. The Morgan fingerprint density at radius 1 is 1.33 bits per heavy atom. The number of aromatic nitrogens is 1. The summed E-state index contributed by atoms with van der Waals surface area (Å²) in [6.45, 7) is 7.97. The van der Waals surface area contributed by atoms with Crippen molar-refractivity contribution in [2.75, 3.05) is 13.1 Å². The first-order valence-electron chi connectivity index (χ1n) is 6.63. The van der Waals surface area contributed by atoms with Crippen LogP contribution in [0.5, 0.6) is 0 Å². The van der Waals surface area contributed by atoms with Gasteiger partial charge in [0, 0.05) is 42.5 Å². The van der Waals surface area contributed by atoms with E-state index in [1.54, 1.807) is 0 Å². The molecule has 2 fully saturated rings. The van der Waals surface area contributed by atoms with Crippen LogP contribution in [0, 0.1) is 0 Å². The van der Waals surface area contributed by atoms with Crippen molar-refractivity contribution in [2.24, 2.45) is 0 Å². The highest BCUT2D eigenvalue weighted by atomic mass is 35.5. The van der Waals surface area contributed by atoms with E-state index in [2.05, 4.69) is 29.0 Å². The SMILES string of the molecule is CC1CN(Cc2scnc2C2CC2)CC(C)N1.Cl. The first-order chi connectivity index (χ1) is 8.22. The van der Waals surface area contributed by atoms with Gasteiger partial charge in [0.2, 0.25) is 0 Å². The summed E-state index contributed by atoms with van der Waals surface area (Å²) in [5, 5.41) is 3.58. The normalized spacial score (nSPS) is 29.0. The van der Waals surface area contributed by atoms with E-state index < -0.39 is 0 Å². The molecule has 3 nitrogen and oxygen atoms in total. The van der Waals surface area contributed by atoms with Crippen molar-refractivity contribution >= 4 is 23.7 Å². The highest BCUT2D eigenvalue weighted by Crippen LogP contribution is 2.42. The molecular weight excluding hydrogens is 266 g/mol. The number of nitrogens with one attached hydrogen (secondary N) is 1. The van der Waals surface area contributed by atoms with Crippen LogP contribution in [0.1, 0.15) is 43.2 Å². The van der Waals surface area contributed by atoms with Gasteiger partial charge in [-0.15, -0.1) is 23.7 Å². The molecule has 1 aromatic rings. The molecule has 2 unspecified atom stereocenters. The second-order valence-corrected chi connectivity index (χ2v) is 6.54. The summed E-state index contributed by atoms with van der Waals surface area (Å²) >= 11 is 1.84. The fraction of sp³-hybridized carbons (Fsp3) is 0.769. The van der Waals surface area contributed by atoms with E-state index in [9.17, 15) is 0 Å². The zero-order valence-electron chi connectivity index (χ0n) is 11.1. The number of nitrogens with zero attached hydrogens (tertiary/aromatic N) is 2. The highest BCUT2D eigenvalue weighted by Gasteiger charge is 2.29. The highest BCUT2D eigenvalue weighted by molar-refractivity contribution is 7.09. The minimum atomic E-state index is 0. The van der Waals surface area contributed by atoms with E-state index in [4.69, 9.17) is 0 Å². The van der Waals surface area contributed by atoms with Crippen LogP contribution < -0.4 is 5.32 Å². The molecule has 0 bridgehead atoms. The fourth-order valence-electron chi connectivity index (χ4n) is 2.86. The minimum Gasteiger partial charge on any atom is -0.309 e. The predicted octanol–water partition coefficient (Wildman–Crippen LogP) is 2.62. The largest absolute Gasteiger partial charge is 0.309 e. The van der Waals surface area contributed by atoms with Crippen molar-refractivity contribution in [1.82, 2.24) is 15.2 Å². The summed E-state index contributed by atoms with van der Waals surface area (Å²) in [5.41, 5.74) is 3.42. The number of halogens is 1. The van der Waals surface area contributed by atoms with Gasteiger partial charge >= 0.3 is 0 Å². The third-order valence-corrected chi connectivity index (χ3v) is 4.47. The Balaban J connectivity index is 0.00000120. The van der Waals surface area contributed by atoms with E-state index in [0.29, 0.717) is 12.1 Å². The number of hydrogen-bond acceptors (Lipinski definition) is 4. The molecule has 0 aromatic carbocycles. The van der Waals surface area contributed by atoms with Crippen molar-refractivity contribution in [2.45, 2.75) is 51.2 Å². The molecule has 102 valence electrons.